The van der Waals surface area contributed by atoms with Crippen molar-refractivity contribution in [1.82, 2.24) is 15.1 Å². The van der Waals surface area contributed by atoms with Gasteiger partial charge in [0.1, 0.15) is 0 Å². The molecular formula is C21H31N3O. The molecule has 4 heteroatoms. The van der Waals surface area contributed by atoms with Crippen molar-refractivity contribution in [3.8, 4) is 0 Å². The molecule has 1 heterocycles. The van der Waals surface area contributed by atoms with Gasteiger partial charge in [-0.05, 0) is 56.1 Å². The fourth-order valence-corrected chi connectivity index (χ4v) is 4.24. The van der Waals surface area contributed by atoms with E-state index in [2.05, 4.69) is 53.7 Å². The number of aliphatic hydroxyl groups is 1. The number of aryl methyl sites for hydroxylation is 2. The molecule has 0 saturated heterocycles. The minimum Gasteiger partial charge on any atom is -0.396 e. The lowest BCUT2D eigenvalue weighted by Gasteiger charge is -2.25. The summed E-state index contributed by atoms with van der Waals surface area (Å²) in [5.41, 5.74) is 3.76. The molecule has 2 aromatic rings. The summed E-state index contributed by atoms with van der Waals surface area (Å²) in [5, 5.41) is 17.7. The predicted molar refractivity (Wildman–Crippen MR) is 102 cm³/mol. The average Bonchev–Trinajstić information content (AvgIpc) is 3.18. The van der Waals surface area contributed by atoms with E-state index in [1.165, 1.54) is 30.5 Å². The van der Waals surface area contributed by atoms with E-state index in [0.717, 1.165) is 25.1 Å². The number of nitrogens with zero attached hydrogens (tertiary/aromatic N) is 2. The maximum atomic E-state index is 9.43. The number of hydrogen-bond acceptors (Lipinski definition) is 3. The van der Waals surface area contributed by atoms with Crippen molar-refractivity contribution in [3.05, 3.63) is 53.3 Å². The van der Waals surface area contributed by atoms with Gasteiger partial charge in [0.25, 0.3) is 0 Å². The van der Waals surface area contributed by atoms with E-state index in [9.17, 15) is 5.11 Å². The molecule has 2 N–H and O–H groups in total. The van der Waals surface area contributed by atoms with Gasteiger partial charge >= 0.3 is 0 Å². The lowest BCUT2D eigenvalue weighted by Crippen LogP contribution is -2.36. The molecule has 1 aliphatic rings. The molecule has 1 aliphatic carbocycles. The smallest absolute Gasteiger partial charge is 0.0596 e. The molecule has 0 bridgehead atoms. The average molecular weight is 341 g/mol. The summed E-state index contributed by atoms with van der Waals surface area (Å²) in [7, 11) is 2.05. The molecule has 0 spiro atoms. The first-order chi connectivity index (χ1) is 12.2. The first-order valence-corrected chi connectivity index (χ1v) is 9.56. The Morgan fingerprint density at radius 3 is 2.76 bits per heavy atom. The molecule has 1 fully saturated rings. The summed E-state index contributed by atoms with van der Waals surface area (Å²) >= 11 is 0. The van der Waals surface area contributed by atoms with E-state index >= 15 is 0 Å². The van der Waals surface area contributed by atoms with Crippen molar-refractivity contribution in [3.63, 3.8) is 0 Å². The highest BCUT2D eigenvalue weighted by Crippen LogP contribution is 2.30. The van der Waals surface area contributed by atoms with Crippen LogP contribution >= 0.6 is 0 Å². The Balaban J connectivity index is 1.59. The minimum absolute atomic E-state index is 0.240. The van der Waals surface area contributed by atoms with Crippen LogP contribution in [0.5, 0.6) is 0 Å². The standard InChI is InChI=1S/C21H31N3O/c1-16-13-20(24(2)23-16)14-18-9-6-10-21(18)22-15-19(11-12-25)17-7-4-3-5-8-17/h3-5,7-8,13,18-19,21-22,25H,6,9-12,14-15H2,1-2H3. The number of hydrogen-bond donors (Lipinski definition) is 2. The van der Waals surface area contributed by atoms with Crippen molar-refractivity contribution in [1.29, 1.82) is 0 Å². The third-order valence-electron chi connectivity index (χ3n) is 5.60. The summed E-state index contributed by atoms with van der Waals surface area (Å²) in [4.78, 5) is 0. The largest absolute Gasteiger partial charge is 0.396 e. The van der Waals surface area contributed by atoms with Gasteiger partial charge in [-0.3, -0.25) is 4.68 Å². The first-order valence-electron chi connectivity index (χ1n) is 9.56. The molecular weight excluding hydrogens is 310 g/mol. The van der Waals surface area contributed by atoms with E-state index in [-0.39, 0.29) is 6.61 Å². The zero-order valence-corrected chi connectivity index (χ0v) is 15.5. The fraction of sp³-hybridized carbons (Fsp3) is 0.571. The van der Waals surface area contributed by atoms with Crippen molar-refractivity contribution < 1.29 is 5.11 Å². The van der Waals surface area contributed by atoms with Gasteiger partial charge in [-0.25, -0.2) is 0 Å². The molecule has 3 atom stereocenters. The molecule has 0 radical (unpaired) electrons. The van der Waals surface area contributed by atoms with Crippen LogP contribution in [0.15, 0.2) is 36.4 Å². The summed E-state index contributed by atoms with van der Waals surface area (Å²) in [6, 6.07) is 13.4. The van der Waals surface area contributed by atoms with Gasteiger partial charge in [0, 0.05) is 31.9 Å². The third-order valence-corrected chi connectivity index (χ3v) is 5.60. The van der Waals surface area contributed by atoms with Crippen LogP contribution in [0.4, 0.5) is 0 Å². The molecule has 0 amide bonds. The second-order valence-corrected chi connectivity index (χ2v) is 7.43. The Morgan fingerprint density at radius 2 is 2.08 bits per heavy atom. The summed E-state index contributed by atoms with van der Waals surface area (Å²) in [6.45, 7) is 3.24. The molecule has 136 valence electrons. The molecule has 25 heavy (non-hydrogen) atoms. The van der Waals surface area contributed by atoms with E-state index in [1.807, 2.05) is 11.7 Å². The lowest BCUT2D eigenvalue weighted by atomic mass is 9.93. The van der Waals surface area contributed by atoms with Crippen LogP contribution in [-0.4, -0.2) is 34.1 Å². The molecule has 0 aliphatic heterocycles. The number of benzene rings is 1. The second-order valence-electron chi connectivity index (χ2n) is 7.43. The Kier molecular flexibility index (Phi) is 6.27. The predicted octanol–water partition coefficient (Wildman–Crippen LogP) is 3.20. The van der Waals surface area contributed by atoms with Crippen molar-refractivity contribution >= 4 is 0 Å². The molecule has 4 nitrogen and oxygen atoms in total. The zero-order chi connectivity index (χ0) is 17.6. The van der Waals surface area contributed by atoms with E-state index in [0.29, 0.717) is 17.9 Å². The minimum atomic E-state index is 0.240. The highest BCUT2D eigenvalue weighted by Gasteiger charge is 2.28. The third kappa shape index (κ3) is 4.71. The van der Waals surface area contributed by atoms with Crippen LogP contribution in [0.1, 0.15) is 48.6 Å². The Morgan fingerprint density at radius 1 is 1.28 bits per heavy atom. The van der Waals surface area contributed by atoms with Gasteiger partial charge in [0.05, 0.1) is 5.69 Å². The summed E-state index contributed by atoms with van der Waals surface area (Å²) in [6.07, 6.45) is 5.76. The maximum Gasteiger partial charge on any atom is 0.0596 e. The molecule has 1 saturated carbocycles. The highest BCUT2D eigenvalue weighted by atomic mass is 16.3. The lowest BCUT2D eigenvalue weighted by molar-refractivity contribution is 0.269. The fourth-order valence-electron chi connectivity index (χ4n) is 4.24. The number of aliphatic hydroxyl groups excluding tert-OH is 1. The van der Waals surface area contributed by atoms with E-state index in [4.69, 9.17) is 0 Å². The van der Waals surface area contributed by atoms with Crippen LogP contribution in [-0.2, 0) is 13.5 Å². The topological polar surface area (TPSA) is 50.1 Å². The van der Waals surface area contributed by atoms with Crippen LogP contribution in [0.3, 0.4) is 0 Å². The Hall–Kier alpha value is -1.65. The van der Waals surface area contributed by atoms with E-state index < -0.39 is 0 Å². The Labute approximate surface area is 151 Å². The Bertz CT molecular complexity index is 652. The maximum absolute atomic E-state index is 9.43. The van der Waals surface area contributed by atoms with Crippen LogP contribution in [0.25, 0.3) is 0 Å². The number of rotatable bonds is 8. The molecule has 1 aromatic heterocycles. The molecule has 3 rings (SSSR count). The van der Waals surface area contributed by atoms with E-state index in [1.54, 1.807) is 0 Å². The normalized spacial score (nSPS) is 21.6. The zero-order valence-electron chi connectivity index (χ0n) is 15.5. The van der Waals surface area contributed by atoms with Crippen molar-refractivity contribution in [2.45, 2.75) is 51.0 Å². The van der Waals surface area contributed by atoms with Gasteiger partial charge in [0.2, 0.25) is 0 Å². The van der Waals surface area contributed by atoms with Crippen molar-refractivity contribution in [2.24, 2.45) is 13.0 Å². The quantitative estimate of drug-likeness (QED) is 0.775. The van der Waals surface area contributed by atoms with Crippen LogP contribution in [0, 0.1) is 12.8 Å². The summed E-state index contributed by atoms with van der Waals surface area (Å²) < 4.78 is 2.03. The molecule has 1 aromatic carbocycles. The summed E-state index contributed by atoms with van der Waals surface area (Å²) in [5.74, 6) is 1.06. The SMILES string of the molecule is Cc1cc(CC2CCCC2NCC(CCO)c2ccccc2)n(C)n1. The first kappa shape index (κ1) is 18.2. The molecule has 3 unspecified atom stereocenters. The highest BCUT2D eigenvalue weighted by molar-refractivity contribution is 5.20. The monoisotopic (exact) mass is 341 g/mol. The van der Waals surface area contributed by atoms with Gasteiger partial charge < -0.3 is 10.4 Å². The van der Waals surface area contributed by atoms with Gasteiger partial charge in [-0.15, -0.1) is 0 Å². The number of nitrogens with one attached hydrogen (secondary N) is 1. The van der Waals surface area contributed by atoms with Crippen LogP contribution in [0.2, 0.25) is 0 Å². The second kappa shape index (κ2) is 8.63. The van der Waals surface area contributed by atoms with Gasteiger partial charge in [0.15, 0.2) is 0 Å². The van der Waals surface area contributed by atoms with Gasteiger partial charge in [-0.1, -0.05) is 36.8 Å². The van der Waals surface area contributed by atoms with Crippen LogP contribution < -0.4 is 5.32 Å². The van der Waals surface area contributed by atoms with Gasteiger partial charge in [-0.2, -0.15) is 5.10 Å². The van der Waals surface area contributed by atoms with Crippen molar-refractivity contribution in [2.75, 3.05) is 13.2 Å². The number of aromatic nitrogens is 2.